The number of benzene rings is 1. The second-order valence-electron chi connectivity index (χ2n) is 6.45. The zero-order valence-electron chi connectivity index (χ0n) is 16.2. The largest absolute Gasteiger partial charge is 0.492 e. The summed E-state index contributed by atoms with van der Waals surface area (Å²) in [6.07, 6.45) is 4.73. The number of anilines is 1. The number of amides is 1. The summed E-state index contributed by atoms with van der Waals surface area (Å²) < 4.78 is 0. The van der Waals surface area contributed by atoms with Gasteiger partial charge in [-0.2, -0.15) is 4.98 Å². The molecule has 0 aliphatic rings. The summed E-state index contributed by atoms with van der Waals surface area (Å²) in [6.45, 7) is 6.01. The van der Waals surface area contributed by atoms with E-state index in [-0.39, 0.29) is 23.4 Å². The van der Waals surface area contributed by atoms with Crippen molar-refractivity contribution in [1.29, 1.82) is 0 Å². The Balaban J connectivity index is 1.81. The van der Waals surface area contributed by atoms with Crippen LogP contribution in [0, 0.1) is 6.07 Å². The molecular weight excluding hydrogens is 352 g/mol. The summed E-state index contributed by atoms with van der Waals surface area (Å²) in [5.41, 5.74) is 3.97. The Hall–Kier alpha value is -3.28. The monoisotopic (exact) mass is 375 g/mol. The summed E-state index contributed by atoms with van der Waals surface area (Å²) in [5.74, 6) is -0.608. The van der Waals surface area contributed by atoms with Gasteiger partial charge in [0, 0.05) is 6.20 Å². The highest BCUT2D eigenvalue weighted by atomic mass is 16.3. The standard InChI is InChI=1S/C22H23N4O2/c1-4-15-9-8-10-17(16(15)5-2)14(3)21(27)25-19-13-24-20(26-22(19)28)18-11-6-7-12-23-18/h6-8,10-14H,4-5H2,1-3H3,(H,25,27)(H,24,26,28). The van der Waals surface area contributed by atoms with Gasteiger partial charge in [-0.25, -0.2) is 4.98 Å². The van der Waals surface area contributed by atoms with Crippen molar-refractivity contribution in [3.8, 4) is 17.4 Å². The number of carbonyl (C=O) groups excluding carboxylic acids is 1. The molecule has 28 heavy (non-hydrogen) atoms. The number of aromatic hydroxyl groups is 1. The number of rotatable bonds is 6. The predicted molar refractivity (Wildman–Crippen MR) is 108 cm³/mol. The summed E-state index contributed by atoms with van der Waals surface area (Å²) in [7, 11) is 0. The molecule has 1 amide bonds. The number of nitrogens with one attached hydrogen (secondary N) is 1. The third kappa shape index (κ3) is 4.01. The maximum Gasteiger partial charge on any atom is 0.239 e. The van der Waals surface area contributed by atoms with Crippen LogP contribution in [0.15, 0.2) is 42.7 Å². The fraction of sp³-hybridized carbons (Fsp3) is 0.273. The number of pyridine rings is 1. The van der Waals surface area contributed by atoms with Gasteiger partial charge in [0.2, 0.25) is 11.8 Å². The minimum absolute atomic E-state index is 0.174. The fourth-order valence-electron chi connectivity index (χ4n) is 3.19. The number of hydrogen-bond donors (Lipinski definition) is 2. The minimum Gasteiger partial charge on any atom is -0.492 e. The van der Waals surface area contributed by atoms with Crippen LogP contribution < -0.4 is 5.32 Å². The lowest BCUT2D eigenvalue weighted by atomic mass is 9.89. The highest BCUT2D eigenvalue weighted by Crippen LogP contribution is 2.27. The molecule has 1 aromatic carbocycles. The van der Waals surface area contributed by atoms with Gasteiger partial charge >= 0.3 is 0 Å². The Morgan fingerprint density at radius 2 is 2.04 bits per heavy atom. The van der Waals surface area contributed by atoms with E-state index in [2.05, 4.69) is 40.2 Å². The molecule has 0 aliphatic heterocycles. The predicted octanol–water partition coefficient (Wildman–Crippen LogP) is 3.91. The summed E-state index contributed by atoms with van der Waals surface area (Å²) >= 11 is 0. The van der Waals surface area contributed by atoms with Crippen LogP contribution in [0.3, 0.4) is 0 Å². The van der Waals surface area contributed by atoms with E-state index < -0.39 is 0 Å². The first kappa shape index (κ1) is 19.5. The Morgan fingerprint density at radius 3 is 2.68 bits per heavy atom. The summed E-state index contributed by atoms with van der Waals surface area (Å²) in [5, 5.41) is 13.0. The Bertz CT molecular complexity index is 974. The molecule has 2 N–H and O–H groups in total. The molecule has 0 bridgehead atoms. The lowest BCUT2D eigenvalue weighted by Gasteiger charge is -2.18. The van der Waals surface area contributed by atoms with Gasteiger partial charge in [0.05, 0.1) is 12.1 Å². The van der Waals surface area contributed by atoms with Crippen molar-refractivity contribution in [2.24, 2.45) is 0 Å². The summed E-state index contributed by atoms with van der Waals surface area (Å²) in [4.78, 5) is 25.2. The van der Waals surface area contributed by atoms with Gasteiger partial charge in [0.25, 0.3) is 0 Å². The topological polar surface area (TPSA) is 88.0 Å². The molecule has 0 fully saturated rings. The molecule has 2 aromatic heterocycles. The molecule has 1 atom stereocenters. The molecule has 1 unspecified atom stereocenters. The van der Waals surface area contributed by atoms with Crippen LogP contribution >= 0.6 is 0 Å². The first-order valence-electron chi connectivity index (χ1n) is 9.35. The lowest BCUT2D eigenvalue weighted by Crippen LogP contribution is -2.20. The van der Waals surface area contributed by atoms with Crippen LogP contribution in [-0.4, -0.2) is 26.0 Å². The maximum atomic E-state index is 12.8. The van der Waals surface area contributed by atoms with Crippen LogP contribution in [-0.2, 0) is 17.6 Å². The normalized spacial score (nSPS) is 11.8. The van der Waals surface area contributed by atoms with Gasteiger partial charge < -0.3 is 10.4 Å². The van der Waals surface area contributed by atoms with E-state index in [1.165, 1.54) is 6.20 Å². The molecule has 0 aliphatic carbocycles. The first-order valence-corrected chi connectivity index (χ1v) is 9.35. The van der Waals surface area contributed by atoms with E-state index in [1.54, 1.807) is 18.3 Å². The summed E-state index contributed by atoms with van der Waals surface area (Å²) in [6, 6.07) is 12.4. The number of aryl methyl sites for hydroxylation is 1. The second kappa shape index (κ2) is 8.61. The molecule has 143 valence electrons. The highest BCUT2D eigenvalue weighted by Gasteiger charge is 2.21. The van der Waals surface area contributed by atoms with Crippen molar-refractivity contribution in [3.05, 3.63) is 65.5 Å². The molecule has 1 radical (unpaired) electrons. The third-order valence-electron chi connectivity index (χ3n) is 4.72. The smallest absolute Gasteiger partial charge is 0.239 e. The fourth-order valence-corrected chi connectivity index (χ4v) is 3.19. The van der Waals surface area contributed by atoms with Gasteiger partial charge in [-0.3, -0.25) is 9.78 Å². The molecule has 6 heteroatoms. The van der Waals surface area contributed by atoms with Crippen LogP contribution in [0.25, 0.3) is 11.5 Å². The number of aromatic nitrogens is 3. The van der Waals surface area contributed by atoms with Gasteiger partial charge in [0.1, 0.15) is 11.4 Å². The highest BCUT2D eigenvalue weighted by molar-refractivity contribution is 5.96. The average molecular weight is 375 g/mol. The van der Waals surface area contributed by atoms with E-state index in [4.69, 9.17) is 0 Å². The van der Waals surface area contributed by atoms with Crippen LogP contribution in [0.5, 0.6) is 5.88 Å². The second-order valence-corrected chi connectivity index (χ2v) is 6.45. The molecule has 0 saturated carbocycles. The SMILES string of the molecule is CCc1[c]ccc(C(C)C(=O)Nc2cnc(-c3ccccn3)nc2O)c1CC. The average Bonchev–Trinajstić information content (AvgIpc) is 2.74. The Kier molecular flexibility index (Phi) is 5.99. The third-order valence-corrected chi connectivity index (χ3v) is 4.72. The van der Waals surface area contributed by atoms with Crippen molar-refractivity contribution in [2.75, 3.05) is 5.32 Å². The molecule has 6 nitrogen and oxygen atoms in total. The van der Waals surface area contributed by atoms with Gasteiger partial charge in [-0.15, -0.1) is 0 Å². The molecular formula is C22H23N4O2. The van der Waals surface area contributed by atoms with Crippen molar-refractivity contribution >= 4 is 11.6 Å². The molecule has 0 spiro atoms. The molecule has 0 saturated heterocycles. The van der Waals surface area contributed by atoms with Gasteiger partial charge in [-0.05, 0) is 54.7 Å². The zero-order chi connectivity index (χ0) is 20.1. The van der Waals surface area contributed by atoms with E-state index >= 15 is 0 Å². The molecule has 3 rings (SSSR count). The quantitative estimate of drug-likeness (QED) is 0.682. The number of hydrogen-bond acceptors (Lipinski definition) is 5. The lowest BCUT2D eigenvalue weighted by molar-refractivity contribution is -0.117. The van der Waals surface area contributed by atoms with Gasteiger partial charge in [-0.1, -0.05) is 32.0 Å². The van der Waals surface area contributed by atoms with Crippen molar-refractivity contribution in [1.82, 2.24) is 15.0 Å². The van der Waals surface area contributed by atoms with Crippen molar-refractivity contribution < 1.29 is 9.90 Å². The van der Waals surface area contributed by atoms with Crippen LogP contribution in [0.4, 0.5) is 5.69 Å². The van der Waals surface area contributed by atoms with Crippen LogP contribution in [0.2, 0.25) is 0 Å². The van der Waals surface area contributed by atoms with E-state index in [9.17, 15) is 9.90 Å². The van der Waals surface area contributed by atoms with E-state index in [0.29, 0.717) is 11.5 Å². The van der Waals surface area contributed by atoms with E-state index in [0.717, 1.165) is 29.5 Å². The Labute approximate surface area is 164 Å². The number of carbonyl (C=O) groups is 1. The maximum absolute atomic E-state index is 12.8. The van der Waals surface area contributed by atoms with Crippen LogP contribution in [0.1, 0.15) is 43.4 Å². The van der Waals surface area contributed by atoms with Gasteiger partial charge in [0.15, 0.2) is 5.82 Å². The minimum atomic E-state index is -0.385. The van der Waals surface area contributed by atoms with Crippen molar-refractivity contribution in [3.63, 3.8) is 0 Å². The zero-order valence-corrected chi connectivity index (χ0v) is 16.2. The van der Waals surface area contributed by atoms with E-state index in [1.807, 2.05) is 25.1 Å². The first-order chi connectivity index (χ1) is 13.5. The van der Waals surface area contributed by atoms with Crippen molar-refractivity contribution in [2.45, 2.75) is 39.5 Å². The Morgan fingerprint density at radius 1 is 1.21 bits per heavy atom. The number of nitrogens with zero attached hydrogens (tertiary/aromatic N) is 3. The molecule has 2 heterocycles. The molecule has 3 aromatic rings.